The Morgan fingerprint density at radius 3 is 2.33 bits per heavy atom. The van der Waals surface area contributed by atoms with Crippen molar-refractivity contribution in [3.8, 4) is 11.8 Å². The minimum atomic E-state index is -0.492. The summed E-state index contributed by atoms with van der Waals surface area (Å²) < 4.78 is 6.38. The van der Waals surface area contributed by atoms with E-state index in [1.807, 2.05) is 30.3 Å². The number of aryl methyl sites for hydroxylation is 2. The van der Waals surface area contributed by atoms with Crippen LogP contribution in [0.5, 0.6) is 5.75 Å². The number of rotatable bonds is 7. The lowest BCUT2D eigenvalue weighted by Crippen LogP contribution is -2.31. The Balaban J connectivity index is 1.60. The first-order valence-corrected chi connectivity index (χ1v) is 10.2. The zero-order valence-electron chi connectivity index (χ0n) is 18.6. The number of anilines is 1. The van der Waals surface area contributed by atoms with Gasteiger partial charge in [0.05, 0.1) is 7.11 Å². The van der Waals surface area contributed by atoms with Gasteiger partial charge in [0.2, 0.25) is 5.91 Å². The zero-order valence-corrected chi connectivity index (χ0v) is 18.6. The van der Waals surface area contributed by atoms with Gasteiger partial charge in [0.15, 0.2) is 0 Å². The fraction of sp³-hybridized carbons (Fsp3) is 0.200. The van der Waals surface area contributed by atoms with Crippen molar-refractivity contribution < 1.29 is 14.3 Å². The van der Waals surface area contributed by atoms with Gasteiger partial charge in [-0.15, -0.1) is 0 Å². The number of aromatic nitrogens is 1. The Hall–Kier alpha value is -4.38. The Morgan fingerprint density at radius 1 is 1.06 bits per heavy atom. The first-order valence-electron chi connectivity index (χ1n) is 10.2. The van der Waals surface area contributed by atoms with Crippen molar-refractivity contribution in [2.75, 3.05) is 12.4 Å². The molecule has 0 aliphatic rings. The van der Waals surface area contributed by atoms with Crippen LogP contribution >= 0.6 is 0 Å². The summed E-state index contributed by atoms with van der Waals surface area (Å²) >= 11 is 0. The number of carbonyl (C=O) groups is 2. The average Bonchev–Trinajstić information content (AvgIpc) is 2.81. The molecule has 0 bridgehead atoms. The predicted octanol–water partition coefficient (Wildman–Crippen LogP) is 2.91. The van der Waals surface area contributed by atoms with Gasteiger partial charge in [-0.1, -0.05) is 12.1 Å². The van der Waals surface area contributed by atoms with Gasteiger partial charge in [-0.05, 0) is 67.4 Å². The second-order valence-electron chi connectivity index (χ2n) is 7.50. The number of amides is 2. The van der Waals surface area contributed by atoms with Gasteiger partial charge in [-0.25, -0.2) is 0 Å². The Bertz CT molecular complexity index is 1270. The summed E-state index contributed by atoms with van der Waals surface area (Å²) in [5.74, 6) is 0.0924. The molecule has 1 aromatic heterocycles. The van der Waals surface area contributed by atoms with E-state index in [2.05, 4.69) is 10.6 Å². The van der Waals surface area contributed by atoms with Crippen LogP contribution in [0.1, 0.15) is 32.7 Å². The SMILES string of the molecule is COc1ccc(CNC(=O)c2ccc(NC(=O)Cn3c(C)cc(C)c(C#N)c3=O)cc2)cc1. The lowest BCUT2D eigenvalue weighted by molar-refractivity contribution is -0.116. The molecule has 2 N–H and O–H groups in total. The van der Waals surface area contributed by atoms with Gasteiger partial charge in [0.25, 0.3) is 11.5 Å². The molecule has 1 heterocycles. The molecule has 8 nitrogen and oxygen atoms in total. The maximum absolute atomic E-state index is 12.5. The summed E-state index contributed by atoms with van der Waals surface area (Å²) in [5, 5.41) is 14.7. The van der Waals surface area contributed by atoms with Crippen LogP contribution in [-0.2, 0) is 17.9 Å². The topological polar surface area (TPSA) is 113 Å². The fourth-order valence-corrected chi connectivity index (χ4v) is 3.34. The highest BCUT2D eigenvalue weighted by molar-refractivity contribution is 5.95. The highest BCUT2D eigenvalue weighted by Crippen LogP contribution is 2.13. The van der Waals surface area contributed by atoms with Gasteiger partial charge in [0, 0.05) is 23.5 Å². The van der Waals surface area contributed by atoms with Crippen molar-refractivity contribution >= 4 is 17.5 Å². The molecular formula is C25H24N4O4. The van der Waals surface area contributed by atoms with Crippen molar-refractivity contribution in [1.29, 1.82) is 5.26 Å². The van der Waals surface area contributed by atoms with Crippen LogP contribution in [-0.4, -0.2) is 23.5 Å². The molecule has 0 saturated carbocycles. The number of benzene rings is 2. The molecule has 0 fully saturated rings. The largest absolute Gasteiger partial charge is 0.497 e. The first kappa shape index (κ1) is 23.3. The average molecular weight is 444 g/mol. The lowest BCUT2D eigenvalue weighted by atomic mass is 10.1. The van der Waals surface area contributed by atoms with Crippen molar-refractivity contribution in [2.45, 2.75) is 26.9 Å². The van der Waals surface area contributed by atoms with Crippen LogP contribution in [0.2, 0.25) is 0 Å². The molecular weight excluding hydrogens is 420 g/mol. The molecule has 8 heteroatoms. The number of ether oxygens (including phenoxy) is 1. The highest BCUT2D eigenvalue weighted by Gasteiger charge is 2.13. The third-order valence-electron chi connectivity index (χ3n) is 5.16. The maximum Gasteiger partial charge on any atom is 0.269 e. The van der Waals surface area contributed by atoms with Gasteiger partial charge in [-0.2, -0.15) is 5.26 Å². The summed E-state index contributed by atoms with van der Waals surface area (Å²) in [4.78, 5) is 37.3. The maximum atomic E-state index is 12.5. The van der Waals surface area contributed by atoms with Gasteiger partial charge < -0.3 is 19.9 Å². The smallest absolute Gasteiger partial charge is 0.269 e. The predicted molar refractivity (Wildman–Crippen MR) is 124 cm³/mol. The van der Waals surface area contributed by atoms with Crippen molar-refractivity contribution in [3.63, 3.8) is 0 Å². The summed E-state index contributed by atoms with van der Waals surface area (Å²) in [5.41, 5.74) is 2.59. The molecule has 0 spiro atoms. The molecule has 0 aliphatic carbocycles. The van der Waals surface area contributed by atoms with Crippen LogP contribution in [0.25, 0.3) is 0 Å². The van der Waals surface area contributed by atoms with E-state index in [1.165, 1.54) is 4.57 Å². The third-order valence-corrected chi connectivity index (χ3v) is 5.16. The standard InChI is InChI=1S/C25H24N4O4/c1-16-12-17(2)29(25(32)22(16)13-26)15-23(30)28-20-8-6-19(7-9-20)24(31)27-14-18-4-10-21(33-3)11-5-18/h4-12H,14-15H2,1-3H3,(H,27,31)(H,28,30). The molecule has 3 rings (SSSR count). The first-order chi connectivity index (χ1) is 15.8. The summed E-state index contributed by atoms with van der Waals surface area (Å²) in [6.07, 6.45) is 0. The quantitative estimate of drug-likeness (QED) is 0.582. The Labute approximate surface area is 191 Å². The van der Waals surface area contributed by atoms with Gasteiger partial charge in [-0.3, -0.25) is 14.4 Å². The van der Waals surface area contributed by atoms with E-state index < -0.39 is 11.5 Å². The van der Waals surface area contributed by atoms with E-state index in [4.69, 9.17) is 4.74 Å². The van der Waals surface area contributed by atoms with E-state index in [9.17, 15) is 19.6 Å². The molecule has 33 heavy (non-hydrogen) atoms. The normalized spacial score (nSPS) is 10.2. The number of methoxy groups -OCH3 is 1. The highest BCUT2D eigenvalue weighted by atomic mass is 16.5. The summed E-state index contributed by atoms with van der Waals surface area (Å²) in [6.45, 7) is 3.55. The summed E-state index contributed by atoms with van der Waals surface area (Å²) in [7, 11) is 1.59. The Kier molecular flexibility index (Phi) is 7.26. The number of nitrogens with zero attached hydrogens (tertiary/aromatic N) is 2. The van der Waals surface area contributed by atoms with E-state index in [0.717, 1.165) is 11.3 Å². The van der Waals surface area contributed by atoms with E-state index in [1.54, 1.807) is 51.3 Å². The summed E-state index contributed by atoms with van der Waals surface area (Å²) in [6, 6.07) is 17.4. The second kappa shape index (κ2) is 10.3. The van der Waals surface area contributed by atoms with Crippen LogP contribution in [0.15, 0.2) is 59.4 Å². The lowest BCUT2D eigenvalue weighted by Gasteiger charge is -2.12. The molecule has 0 aliphatic heterocycles. The van der Waals surface area contributed by atoms with Crippen LogP contribution in [0, 0.1) is 25.2 Å². The van der Waals surface area contributed by atoms with Crippen molar-refractivity contribution in [1.82, 2.24) is 9.88 Å². The molecule has 168 valence electrons. The molecule has 2 amide bonds. The number of hydrogen-bond acceptors (Lipinski definition) is 5. The number of hydrogen-bond donors (Lipinski definition) is 2. The monoisotopic (exact) mass is 444 g/mol. The van der Waals surface area contributed by atoms with Crippen LogP contribution < -0.4 is 20.9 Å². The van der Waals surface area contributed by atoms with Crippen molar-refractivity contribution in [2.24, 2.45) is 0 Å². The molecule has 0 atom stereocenters. The molecule has 0 saturated heterocycles. The number of pyridine rings is 1. The molecule has 0 unspecified atom stereocenters. The number of carbonyl (C=O) groups excluding carboxylic acids is 2. The van der Waals surface area contributed by atoms with Crippen molar-refractivity contribution in [3.05, 3.63) is 92.9 Å². The minimum absolute atomic E-state index is 0.0263. The number of nitriles is 1. The molecule has 3 aromatic rings. The van der Waals surface area contributed by atoms with E-state index >= 15 is 0 Å². The van der Waals surface area contributed by atoms with Crippen LogP contribution in [0.4, 0.5) is 5.69 Å². The zero-order chi connectivity index (χ0) is 24.0. The molecule has 0 radical (unpaired) electrons. The van der Waals surface area contributed by atoms with Gasteiger partial charge in [0.1, 0.15) is 23.9 Å². The van der Waals surface area contributed by atoms with Crippen LogP contribution in [0.3, 0.4) is 0 Å². The number of nitrogens with one attached hydrogen (secondary N) is 2. The molecule has 2 aromatic carbocycles. The fourth-order valence-electron chi connectivity index (χ4n) is 3.34. The third kappa shape index (κ3) is 5.66. The van der Waals surface area contributed by atoms with E-state index in [-0.39, 0.29) is 18.0 Å². The van der Waals surface area contributed by atoms with E-state index in [0.29, 0.717) is 29.1 Å². The minimum Gasteiger partial charge on any atom is -0.497 e. The Morgan fingerprint density at radius 2 is 1.73 bits per heavy atom. The second-order valence-corrected chi connectivity index (χ2v) is 7.50. The van der Waals surface area contributed by atoms with Gasteiger partial charge >= 0.3 is 0 Å².